The van der Waals surface area contributed by atoms with Gasteiger partial charge in [0.25, 0.3) is 5.91 Å². The Morgan fingerprint density at radius 3 is 2.53 bits per heavy atom. The van der Waals surface area contributed by atoms with E-state index in [9.17, 15) is 9.18 Å². The third kappa shape index (κ3) is 4.13. The smallest absolute Gasteiger partial charge is 0.264 e. The molecule has 4 nitrogen and oxygen atoms in total. The molecule has 3 aromatic rings. The molecule has 152 valence electrons. The molecule has 0 saturated carbocycles. The van der Waals surface area contributed by atoms with Crippen LogP contribution < -0.4 is 5.32 Å². The predicted molar refractivity (Wildman–Crippen MR) is 125 cm³/mol. The quantitative estimate of drug-likeness (QED) is 0.451. The fourth-order valence-electron chi connectivity index (χ4n) is 3.35. The molecule has 1 aliphatic heterocycles. The van der Waals surface area contributed by atoms with Crippen molar-refractivity contribution in [1.82, 2.24) is 9.88 Å². The average Bonchev–Trinajstić information content (AvgIpc) is 3.18. The zero-order valence-electron chi connectivity index (χ0n) is 16.7. The third-order valence-electron chi connectivity index (χ3n) is 4.86. The maximum Gasteiger partial charge on any atom is 0.264 e. The second-order valence-corrected chi connectivity index (χ2v) is 8.94. The summed E-state index contributed by atoms with van der Waals surface area (Å²) in [7, 11) is 0. The number of carbonyl (C=O) groups is 1. The van der Waals surface area contributed by atoms with Crippen molar-refractivity contribution in [2.45, 2.75) is 20.8 Å². The minimum Gasteiger partial charge on any atom is -0.318 e. The molecule has 1 fully saturated rings. The topological polar surface area (TPSA) is 46.4 Å². The molecule has 0 aliphatic carbocycles. The van der Waals surface area contributed by atoms with Crippen LogP contribution in [0, 0.1) is 26.6 Å². The van der Waals surface area contributed by atoms with E-state index in [0.717, 1.165) is 32.7 Å². The Hall–Kier alpha value is -2.64. The number of amides is 1. The van der Waals surface area contributed by atoms with Crippen molar-refractivity contribution in [3.63, 3.8) is 0 Å². The number of thioether (sulfide) groups is 1. The van der Waals surface area contributed by atoms with Crippen molar-refractivity contribution in [2.75, 3.05) is 0 Å². The van der Waals surface area contributed by atoms with Crippen molar-refractivity contribution in [3.05, 3.63) is 86.2 Å². The SMILES string of the molecule is Cc1cc(-n2c(C)cc(/C=C3/SC(=Nc4ccc(F)cc4)NC3=O)c2C)ccc1Br. The molecule has 1 aliphatic rings. The molecule has 0 atom stereocenters. The molecule has 2 heterocycles. The normalized spacial score (nSPS) is 16.5. The summed E-state index contributed by atoms with van der Waals surface area (Å²) in [5, 5.41) is 3.26. The molecule has 0 radical (unpaired) electrons. The zero-order valence-corrected chi connectivity index (χ0v) is 19.1. The first-order valence-corrected chi connectivity index (χ1v) is 10.9. The molecule has 1 N–H and O–H groups in total. The standard InChI is InChI=1S/C23H19BrFN3OS/c1-13-10-19(8-9-20(13)24)28-14(2)11-16(15(28)3)12-21-22(29)27-23(30-21)26-18-6-4-17(25)5-7-18/h4-12H,1-3H3,(H,26,27,29)/b21-12+. The number of aryl methyl sites for hydroxylation is 2. The molecule has 0 spiro atoms. The summed E-state index contributed by atoms with van der Waals surface area (Å²) >= 11 is 4.82. The van der Waals surface area contributed by atoms with Crippen LogP contribution in [-0.2, 0) is 4.79 Å². The van der Waals surface area contributed by atoms with Gasteiger partial charge in [-0.3, -0.25) is 4.79 Å². The van der Waals surface area contributed by atoms with Crippen molar-refractivity contribution < 1.29 is 9.18 Å². The van der Waals surface area contributed by atoms with E-state index in [-0.39, 0.29) is 11.7 Å². The lowest BCUT2D eigenvalue weighted by Crippen LogP contribution is -2.19. The number of benzene rings is 2. The number of rotatable bonds is 3. The molecule has 1 aromatic heterocycles. The molecule has 30 heavy (non-hydrogen) atoms. The maximum absolute atomic E-state index is 13.1. The van der Waals surface area contributed by atoms with Gasteiger partial charge in [-0.2, -0.15) is 0 Å². The fraction of sp³-hybridized carbons (Fsp3) is 0.130. The first-order chi connectivity index (χ1) is 14.3. The van der Waals surface area contributed by atoms with Crippen LogP contribution in [-0.4, -0.2) is 15.6 Å². The lowest BCUT2D eigenvalue weighted by atomic mass is 10.2. The molecule has 7 heteroatoms. The summed E-state index contributed by atoms with van der Waals surface area (Å²) in [4.78, 5) is 17.4. The molecule has 0 bridgehead atoms. The number of nitrogens with zero attached hydrogens (tertiary/aromatic N) is 2. The van der Waals surface area contributed by atoms with Crippen LogP contribution in [0.25, 0.3) is 11.8 Å². The maximum atomic E-state index is 13.1. The highest BCUT2D eigenvalue weighted by Gasteiger charge is 2.24. The number of aromatic nitrogens is 1. The molecule has 4 rings (SSSR count). The van der Waals surface area contributed by atoms with Gasteiger partial charge in [0.15, 0.2) is 5.17 Å². The fourth-order valence-corrected chi connectivity index (χ4v) is 4.43. The van der Waals surface area contributed by atoms with Crippen LogP contribution in [0.4, 0.5) is 10.1 Å². The number of carbonyl (C=O) groups excluding carboxylic acids is 1. The van der Waals surface area contributed by atoms with Crippen LogP contribution in [0.5, 0.6) is 0 Å². The summed E-state index contributed by atoms with van der Waals surface area (Å²) in [5.41, 5.74) is 5.95. The van der Waals surface area contributed by atoms with E-state index in [1.54, 1.807) is 12.1 Å². The Balaban J connectivity index is 1.64. The van der Waals surface area contributed by atoms with Gasteiger partial charge in [-0.1, -0.05) is 15.9 Å². The van der Waals surface area contributed by atoms with E-state index in [0.29, 0.717) is 15.8 Å². The summed E-state index contributed by atoms with van der Waals surface area (Å²) in [6, 6.07) is 14.1. The Bertz CT molecular complexity index is 1210. The highest BCUT2D eigenvalue weighted by atomic mass is 79.9. The van der Waals surface area contributed by atoms with Gasteiger partial charge in [0.2, 0.25) is 0 Å². The van der Waals surface area contributed by atoms with Crippen molar-refractivity contribution >= 4 is 50.5 Å². The van der Waals surface area contributed by atoms with Gasteiger partial charge in [0.1, 0.15) is 5.82 Å². The minimum atomic E-state index is -0.320. The number of hydrogen-bond donors (Lipinski definition) is 1. The highest BCUT2D eigenvalue weighted by molar-refractivity contribution is 9.10. The number of halogens is 2. The summed E-state index contributed by atoms with van der Waals surface area (Å²) < 4.78 is 16.3. The lowest BCUT2D eigenvalue weighted by molar-refractivity contribution is -0.115. The third-order valence-corrected chi connectivity index (χ3v) is 6.66. The van der Waals surface area contributed by atoms with E-state index < -0.39 is 0 Å². The number of aliphatic imine (C=N–C) groups is 1. The van der Waals surface area contributed by atoms with Crippen LogP contribution >= 0.6 is 27.7 Å². The molecular weight excluding hydrogens is 465 g/mol. The molecule has 1 amide bonds. The van der Waals surface area contributed by atoms with Crippen LogP contribution in [0.1, 0.15) is 22.5 Å². The number of hydrogen-bond acceptors (Lipinski definition) is 3. The van der Waals surface area contributed by atoms with Crippen molar-refractivity contribution in [2.24, 2.45) is 4.99 Å². The summed E-state index contributed by atoms with van der Waals surface area (Å²) in [6.07, 6.45) is 1.89. The van der Waals surface area contributed by atoms with E-state index in [2.05, 4.69) is 62.9 Å². The van der Waals surface area contributed by atoms with E-state index in [4.69, 9.17) is 0 Å². The van der Waals surface area contributed by atoms with Crippen LogP contribution in [0.15, 0.2) is 62.9 Å². The summed E-state index contributed by atoms with van der Waals surface area (Å²) in [5.74, 6) is -0.510. The minimum absolute atomic E-state index is 0.190. The van der Waals surface area contributed by atoms with Gasteiger partial charge in [0.05, 0.1) is 10.6 Å². The molecule has 0 unspecified atom stereocenters. The van der Waals surface area contributed by atoms with E-state index >= 15 is 0 Å². The average molecular weight is 484 g/mol. The molecular formula is C23H19BrFN3OS. The van der Waals surface area contributed by atoms with E-state index in [1.807, 2.05) is 19.1 Å². The Labute approximate surface area is 187 Å². The van der Waals surface area contributed by atoms with Gasteiger partial charge in [0, 0.05) is 21.5 Å². The zero-order chi connectivity index (χ0) is 21.4. The largest absolute Gasteiger partial charge is 0.318 e. The van der Waals surface area contributed by atoms with Gasteiger partial charge in [-0.15, -0.1) is 0 Å². The van der Waals surface area contributed by atoms with Crippen LogP contribution in [0.3, 0.4) is 0 Å². The predicted octanol–water partition coefficient (Wildman–Crippen LogP) is 6.20. The number of amidine groups is 1. The van der Waals surface area contributed by atoms with Gasteiger partial charge < -0.3 is 9.88 Å². The second-order valence-electron chi connectivity index (χ2n) is 7.05. The Morgan fingerprint density at radius 2 is 1.83 bits per heavy atom. The first kappa shape index (κ1) is 20.6. The molecule has 1 saturated heterocycles. The van der Waals surface area contributed by atoms with Gasteiger partial charge >= 0.3 is 0 Å². The van der Waals surface area contributed by atoms with Crippen molar-refractivity contribution in [1.29, 1.82) is 0 Å². The van der Waals surface area contributed by atoms with Crippen LogP contribution in [0.2, 0.25) is 0 Å². The molecule has 2 aromatic carbocycles. The first-order valence-electron chi connectivity index (χ1n) is 9.32. The second kappa shape index (κ2) is 8.24. The Kier molecular flexibility index (Phi) is 5.66. The Morgan fingerprint density at radius 1 is 1.10 bits per heavy atom. The monoisotopic (exact) mass is 483 g/mol. The summed E-state index contributed by atoms with van der Waals surface area (Å²) in [6.45, 7) is 6.16. The van der Waals surface area contributed by atoms with Gasteiger partial charge in [-0.25, -0.2) is 9.38 Å². The van der Waals surface area contributed by atoms with Crippen molar-refractivity contribution in [3.8, 4) is 5.69 Å². The number of nitrogens with one attached hydrogen (secondary N) is 1. The lowest BCUT2D eigenvalue weighted by Gasteiger charge is -2.11. The van der Waals surface area contributed by atoms with E-state index in [1.165, 1.54) is 23.9 Å². The van der Waals surface area contributed by atoms with Gasteiger partial charge in [-0.05, 0) is 98.3 Å². The highest BCUT2D eigenvalue weighted by Crippen LogP contribution is 2.31.